The number of halogens is 5. The van der Waals surface area contributed by atoms with Crippen LogP contribution in [0.25, 0.3) is 0 Å². The number of primary amides is 1. The summed E-state index contributed by atoms with van der Waals surface area (Å²) >= 11 is 26.0. The van der Waals surface area contributed by atoms with Gasteiger partial charge in [-0.1, -0.05) is 58.0 Å². The minimum absolute atomic E-state index is 1.10. The number of alkyl halides is 5. The summed E-state index contributed by atoms with van der Waals surface area (Å²) in [6.45, 7) is 0. The summed E-state index contributed by atoms with van der Waals surface area (Å²) < 4.78 is -4.29. The molecule has 7 heteroatoms. The number of rotatable bonds is 1. The van der Waals surface area contributed by atoms with Crippen LogP contribution in [0.5, 0.6) is 0 Å². The number of nitrogens with two attached hydrogens (primary N) is 1. The summed E-state index contributed by atoms with van der Waals surface area (Å²) in [5, 5.41) is 0. The first-order valence-electron chi connectivity index (χ1n) is 1.94. The molecule has 0 aliphatic rings. The maximum Gasteiger partial charge on any atom is 0.258 e. The quantitative estimate of drug-likeness (QED) is 0.706. The highest BCUT2D eigenvalue weighted by atomic mass is 35.6. The minimum Gasteiger partial charge on any atom is -0.367 e. The van der Waals surface area contributed by atoms with Crippen LogP contribution in [-0.4, -0.2) is 14.0 Å². The molecule has 0 aromatic carbocycles. The highest BCUT2D eigenvalue weighted by molar-refractivity contribution is 6.79. The first-order valence-corrected chi connectivity index (χ1v) is 3.83. The Morgan fingerprint density at radius 1 is 1.10 bits per heavy atom. The summed E-state index contributed by atoms with van der Waals surface area (Å²) in [4.78, 5) is 10.4. The molecular weight excluding hydrogens is 243 g/mol. The highest BCUT2D eigenvalue weighted by Gasteiger charge is 2.51. The van der Waals surface area contributed by atoms with Gasteiger partial charge < -0.3 is 5.73 Å². The van der Waals surface area contributed by atoms with Crippen LogP contribution in [0.2, 0.25) is 0 Å². The molecule has 0 aromatic rings. The molecule has 0 spiro atoms. The molecule has 0 heterocycles. The molecule has 0 rings (SSSR count). The molecule has 0 unspecified atom stereocenters. The standard InChI is InChI=1S/C3H2Cl5NO/c4-2(5,1(9)10)3(6,7)8/h(H2,9,10). The Morgan fingerprint density at radius 2 is 1.40 bits per heavy atom. The van der Waals surface area contributed by atoms with Gasteiger partial charge in [-0.25, -0.2) is 0 Å². The van der Waals surface area contributed by atoms with Crippen molar-refractivity contribution >= 4 is 63.9 Å². The van der Waals surface area contributed by atoms with Crippen molar-refractivity contribution in [3.63, 3.8) is 0 Å². The van der Waals surface area contributed by atoms with Crippen molar-refractivity contribution < 1.29 is 4.79 Å². The first kappa shape index (κ1) is 10.9. The van der Waals surface area contributed by atoms with Gasteiger partial charge in [0.25, 0.3) is 5.91 Å². The fourth-order valence-electron chi connectivity index (χ4n) is 0.140. The lowest BCUT2D eigenvalue weighted by molar-refractivity contribution is -0.118. The highest BCUT2D eigenvalue weighted by Crippen LogP contribution is 2.45. The van der Waals surface area contributed by atoms with Gasteiger partial charge in [0.15, 0.2) is 0 Å². The van der Waals surface area contributed by atoms with E-state index in [9.17, 15) is 4.79 Å². The number of hydrogen-bond donors (Lipinski definition) is 1. The summed E-state index contributed by atoms with van der Waals surface area (Å²) in [7, 11) is 0. The summed E-state index contributed by atoms with van der Waals surface area (Å²) in [6.07, 6.45) is 0. The van der Waals surface area contributed by atoms with Crippen LogP contribution < -0.4 is 5.73 Å². The molecule has 1 amide bonds. The van der Waals surface area contributed by atoms with Crippen molar-refractivity contribution in [2.45, 2.75) is 8.13 Å². The van der Waals surface area contributed by atoms with Crippen LogP contribution in [0.1, 0.15) is 0 Å². The van der Waals surface area contributed by atoms with Crippen molar-refractivity contribution in [2.75, 3.05) is 0 Å². The molecule has 60 valence electrons. The maximum absolute atomic E-state index is 10.4. The van der Waals surface area contributed by atoms with Crippen LogP contribution >= 0.6 is 58.0 Å². The van der Waals surface area contributed by atoms with E-state index in [-0.39, 0.29) is 0 Å². The van der Waals surface area contributed by atoms with Gasteiger partial charge in [0.1, 0.15) is 0 Å². The van der Waals surface area contributed by atoms with Crippen molar-refractivity contribution in [3.05, 3.63) is 0 Å². The lowest BCUT2D eigenvalue weighted by atomic mass is 10.4. The molecule has 0 aromatic heterocycles. The Hall–Kier alpha value is 0.920. The number of hydrogen-bond acceptors (Lipinski definition) is 1. The Balaban J connectivity index is 4.57. The van der Waals surface area contributed by atoms with Gasteiger partial charge in [0.05, 0.1) is 0 Å². The second-order valence-corrected chi connectivity index (χ2v) is 5.04. The zero-order valence-electron chi connectivity index (χ0n) is 4.38. The van der Waals surface area contributed by atoms with Crippen molar-refractivity contribution in [2.24, 2.45) is 5.73 Å². The van der Waals surface area contributed by atoms with E-state index < -0.39 is 14.0 Å². The van der Waals surface area contributed by atoms with Gasteiger partial charge in [-0.2, -0.15) is 0 Å². The number of amides is 1. The lowest BCUT2D eigenvalue weighted by Crippen LogP contribution is -2.44. The van der Waals surface area contributed by atoms with E-state index in [0.717, 1.165) is 0 Å². The monoisotopic (exact) mass is 243 g/mol. The Kier molecular flexibility index (Phi) is 3.40. The summed E-state index contributed by atoms with van der Waals surface area (Å²) in [5.74, 6) is -1.10. The minimum atomic E-state index is -2.18. The summed E-state index contributed by atoms with van der Waals surface area (Å²) in [6, 6.07) is 0. The van der Waals surface area contributed by atoms with Crippen LogP contribution in [0.4, 0.5) is 0 Å². The fourth-order valence-corrected chi connectivity index (χ4v) is 0.419. The van der Waals surface area contributed by atoms with Crippen LogP contribution in [0, 0.1) is 0 Å². The van der Waals surface area contributed by atoms with Crippen molar-refractivity contribution in [3.8, 4) is 0 Å². The second kappa shape index (κ2) is 3.11. The molecule has 0 saturated heterocycles. The Labute approximate surface area is 82.5 Å². The molecule has 0 atom stereocenters. The van der Waals surface area contributed by atoms with E-state index in [0.29, 0.717) is 0 Å². The van der Waals surface area contributed by atoms with E-state index in [1.54, 1.807) is 0 Å². The number of carbonyl (C=O) groups excluding carboxylic acids is 1. The number of carbonyl (C=O) groups is 1. The molecular formula is C3H2Cl5NO. The van der Waals surface area contributed by atoms with Gasteiger partial charge in [-0.3, -0.25) is 4.79 Å². The molecule has 0 aliphatic carbocycles. The topological polar surface area (TPSA) is 43.1 Å². The smallest absolute Gasteiger partial charge is 0.258 e. The van der Waals surface area contributed by atoms with Gasteiger partial charge in [0.2, 0.25) is 8.13 Å². The van der Waals surface area contributed by atoms with Gasteiger partial charge in [-0.15, -0.1) is 0 Å². The van der Waals surface area contributed by atoms with E-state index >= 15 is 0 Å². The molecule has 10 heavy (non-hydrogen) atoms. The Morgan fingerprint density at radius 3 is 1.40 bits per heavy atom. The van der Waals surface area contributed by atoms with Gasteiger partial charge >= 0.3 is 0 Å². The maximum atomic E-state index is 10.4. The fraction of sp³-hybridized carbons (Fsp3) is 0.667. The molecule has 0 radical (unpaired) electrons. The third-order valence-corrected chi connectivity index (χ3v) is 3.04. The second-order valence-electron chi connectivity index (χ2n) is 1.44. The zero-order chi connectivity index (χ0) is 8.58. The van der Waals surface area contributed by atoms with Gasteiger partial charge in [0, 0.05) is 0 Å². The normalized spacial score (nSPS) is 13.3. The molecule has 0 saturated carbocycles. The Bertz CT molecular complexity index is 149. The predicted octanol–water partition coefficient (Wildman–Crippen LogP) is 2.02. The van der Waals surface area contributed by atoms with E-state index in [2.05, 4.69) is 0 Å². The zero-order valence-corrected chi connectivity index (χ0v) is 8.16. The van der Waals surface area contributed by atoms with E-state index in [1.807, 2.05) is 0 Å². The largest absolute Gasteiger partial charge is 0.367 e. The predicted molar refractivity (Wildman–Crippen MR) is 43.9 cm³/mol. The third kappa shape index (κ3) is 2.21. The lowest BCUT2D eigenvalue weighted by Gasteiger charge is -2.23. The molecule has 2 nitrogen and oxygen atoms in total. The van der Waals surface area contributed by atoms with E-state index in [1.165, 1.54) is 0 Å². The molecule has 0 fully saturated rings. The average Bonchev–Trinajstić information content (AvgIpc) is 1.62. The molecule has 2 N–H and O–H groups in total. The van der Waals surface area contributed by atoms with Gasteiger partial charge in [-0.05, 0) is 0 Å². The SMILES string of the molecule is NC(=O)C(Cl)(Cl)C(Cl)(Cl)Cl. The van der Waals surface area contributed by atoms with E-state index in [4.69, 9.17) is 63.7 Å². The summed E-state index contributed by atoms with van der Waals surface area (Å²) in [5.41, 5.74) is 4.70. The van der Waals surface area contributed by atoms with Crippen molar-refractivity contribution in [1.82, 2.24) is 0 Å². The average molecular weight is 245 g/mol. The first-order chi connectivity index (χ1) is 4.19. The van der Waals surface area contributed by atoms with Crippen molar-refractivity contribution in [1.29, 1.82) is 0 Å². The van der Waals surface area contributed by atoms with Crippen LogP contribution in [0.3, 0.4) is 0 Å². The van der Waals surface area contributed by atoms with Crippen LogP contribution in [-0.2, 0) is 4.79 Å². The molecule has 0 aliphatic heterocycles. The third-order valence-electron chi connectivity index (χ3n) is 0.665. The molecule has 0 bridgehead atoms. The van der Waals surface area contributed by atoms with Crippen LogP contribution in [0.15, 0.2) is 0 Å².